The van der Waals surface area contributed by atoms with Gasteiger partial charge in [0.25, 0.3) is 0 Å². The largest absolute Gasteiger partial charge is 0.478 e. The molecule has 0 aromatic rings. The van der Waals surface area contributed by atoms with Crippen molar-refractivity contribution >= 4 is 19.6 Å². The molecule has 3 nitrogen and oxygen atoms in total. The molecule has 0 aromatic carbocycles. The van der Waals surface area contributed by atoms with Gasteiger partial charge in [0.2, 0.25) is 0 Å². The molecule has 0 spiro atoms. The fraction of sp³-hybridized carbons (Fsp3) is 0.500. The van der Waals surface area contributed by atoms with Crippen LogP contribution in [0.4, 0.5) is 0 Å². The van der Waals surface area contributed by atoms with Crippen molar-refractivity contribution in [2.24, 2.45) is 5.92 Å². The second-order valence-electron chi connectivity index (χ2n) is 2.86. The predicted molar refractivity (Wildman–Crippen MR) is 45.9 cm³/mol. The first-order chi connectivity index (χ1) is 5.37. The smallest absolute Gasteiger partial charge is 0.321 e. The number of carbonyl (C=O) groups is 2. The van der Waals surface area contributed by atoms with Gasteiger partial charge in [-0.05, 0) is 18.0 Å². The molecular formula is C8H11BO3. The number of rotatable bonds is 3. The lowest BCUT2D eigenvalue weighted by Gasteiger charge is -2.05. The first-order valence-electron chi connectivity index (χ1n) is 3.61. The molecule has 0 fully saturated rings. The van der Waals surface area contributed by atoms with E-state index in [4.69, 9.17) is 13.0 Å². The van der Waals surface area contributed by atoms with Gasteiger partial charge >= 0.3 is 5.97 Å². The number of carboxylic acid groups (broad SMARTS) is 1. The van der Waals surface area contributed by atoms with Crippen LogP contribution in [0.15, 0.2) is 11.0 Å². The van der Waals surface area contributed by atoms with Gasteiger partial charge in [-0.15, -0.1) is 0 Å². The van der Waals surface area contributed by atoms with Crippen molar-refractivity contribution in [1.29, 1.82) is 0 Å². The van der Waals surface area contributed by atoms with Crippen molar-refractivity contribution in [1.82, 2.24) is 0 Å². The van der Waals surface area contributed by atoms with Gasteiger partial charge in [0.15, 0.2) is 5.78 Å². The zero-order valence-corrected chi connectivity index (χ0v) is 7.42. The molecule has 0 aromatic heterocycles. The molecule has 0 atom stereocenters. The molecule has 0 unspecified atom stereocenters. The Morgan fingerprint density at radius 3 is 2.00 bits per heavy atom. The third-order valence-corrected chi connectivity index (χ3v) is 1.53. The average Bonchev–Trinajstić information content (AvgIpc) is 2.00. The Morgan fingerprint density at radius 1 is 1.33 bits per heavy atom. The number of hydrogen-bond donors (Lipinski definition) is 1. The van der Waals surface area contributed by atoms with Gasteiger partial charge in [0.05, 0.1) is 0 Å². The molecule has 64 valence electrons. The normalized spacial score (nSPS) is 12.7. The lowest BCUT2D eigenvalue weighted by Crippen LogP contribution is -2.14. The molecule has 0 aliphatic rings. The van der Waals surface area contributed by atoms with Crippen LogP contribution in [0.2, 0.25) is 0 Å². The summed E-state index contributed by atoms with van der Waals surface area (Å²) in [6.07, 6.45) is 0. The highest BCUT2D eigenvalue weighted by Gasteiger charge is 2.14. The summed E-state index contributed by atoms with van der Waals surface area (Å²) >= 11 is 0. The van der Waals surface area contributed by atoms with E-state index in [1.165, 1.54) is 6.92 Å². The molecule has 0 aliphatic carbocycles. The van der Waals surface area contributed by atoms with Crippen LogP contribution in [-0.4, -0.2) is 24.7 Å². The number of hydrogen-bond acceptors (Lipinski definition) is 2. The summed E-state index contributed by atoms with van der Waals surface area (Å²) in [5.41, 5.74) is -0.244. The predicted octanol–water partition coefficient (Wildman–Crippen LogP) is 0.739. The highest BCUT2D eigenvalue weighted by atomic mass is 16.4. The molecule has 0 saturated carbocycles. The summed E-state index contributed by atoms with van der Waals surface area (Å²) in [5, 5.41) is 8.45. The Bertz CT molecular complexity index is 241. The first-order valence-corrected chi connectivity index (χ1v) is 3.61. The summed E-state index contributed by atoms with van der Waals surface area (Å²) in [5.74, 6) is -1.70. The lowest BCUT2D eigenvalue weighted by molar-refractivity contribution is -0.132. The van der Waals surface area contributed by atoms with Crippen LogP contribution in [0, 0.1) is 5.92 Å². The molecule has 0 bridgehead atoms. The maximum absolute atomic E-state index is 11.2. The minimum atomic E-state index is -1.25. The molecule has 12 heavy (non-hydrogen) atoms. The number of carboxylic acids is 1. The van der Waals surface area contributed by atoms with Crippen LogP contribution in [-0.2, 0) is 9.59 Å². The van der Waals surface area contributed by atoms with E-state index in [1.807, 2.05) is 0 Å². The number of Topliss-reactive ketones (excluding diaryl/α,β-unsaturated/α-hetero) is 1. The van der Waals surface area contributed by atoms with E-state index >= 15 is 0 Å². The van der Waals surface area contributed by atoms with Crippen LogP contribution in [0.25, 0.3) is 0 Å². The molecule has 0 aliphatic heterocycles. The van der Waals surface area contributed by atoms with E-state index in [0.29, 0.717) is 0 Å². The molecule has 4 heteroatoms. The SMILES string of the molecule is [B]/C(C(=O)O)=C(\C)C(=O)C(C)C. The Morgan fingerprint density at radius 2 is 1.75 bits per heavy atom. The van der Waals surface area contributed by atoms with Gasteiger partial charge in [-0.1, -0.05) is 13.8 Å². The first kappa shape index (κ1) is 10.9. The van der Waals surface area contributed by atoms with E-state index in [-0.39, 0.29) is 22.7 Å². The summed E-state index contributed by atoms with van der Waals surface area (Å²) in [6.45, 7) is 4.81. The average molecular weight is 166 g/mol. The fourth-order valence-electron chi connectivity index (χ4n) is 0.726. The maximum atomic E-state index is 11.2. The van der Waals surface area contributed by atoms with Crippen molar-refractivity contribution in [3.05, 3.63) is 11.0 Å². The van der Waals surface area contributed by atoms with Crippen molar-refractivity contribution in [3.63, 3.8) is 0 Å². The molecule has 0 amide bonds. The summed E-state index contributed by atoms with van der Waals surface area (Å²) in [7, 11) is 5.16. The standard InChI is InChI=1S/C8H11BO3/c1-4(2)7(10)5(3)6(9)8(11)12/h4H,1-3H3,(H,11,12)/b6-5+. The van der Waals surface area contributed by atoms with E-state index in [0.717, 1.165) is 0 Å². The van der Waals surface area contributed by atoms with Crippen molar-refractivity contribution < 1.29 is 14.7 Å². The third kappa shape index (κ3) is 2.53. The van der Waals surface area contributed by atoms with E-state index in [2.05, 4.69) is 0 Å². The van der Waals surface area contributed by atoms with Crippen LogP contribution >= 0.6 is 0 Å². The summed E-state index contributed by atoms with van der Waals surface area (Å²) in [6, 6.07) is 0. The molecule has 0 rings (SSSR count). The Labute approximate surface area is 72.9 Å². The van der Waals surface area contributed by atoms with E-state index in [1.54, 1.807) is 13.8 Å². The maximum Gasteiger partial charge on any atom is 0.321 e. The number of carbonyl (C=O) groups excluding carboxylic acids is 1. The lowest BCUT2D eigenvalue weighted by atomic mass is 9.86. The van der Waals surface area contributed by atoms with E-state index in [9.17, 15) is 9.59 Å². The van der Waals surface area contributed by atoms with E-state index < -0.39 is 5.97 Å². The third-order valence-electron chi connectivity index (χ3n) is 1.53. The molecular weight excluding hydrogens is 155 g/mol. The Balaban J connectivity index is 4.79. The molecule has 1 N–H and O–H groups in total. The highest BCUT2D eigenvalue weighted by molar-refractivity contribution is 6.37. The van der Waals surface area contributed by atoms with Crippen LogP contribution < -0.4 is 0 Å². The quantitative estimate of drug-likeness (QED) is 0.496. The molecule has 0 saturated heterocycles. The minimum absolute atomic E-state index is 0.123. The van der Waals surface area contributed by atoms with Gasteiger partial charge in [-0.2, -0.15) is 0 Å². The number of allylic oxidation sites excluding steroid dienone is 1. The van der Waals surface area contributed by atoms with Crippen LogP contribution in [0.1, 0.15) is 20.8 Å². The van der Waals surface area contributed by atoms with Crippen molar-refractivity contribution in [3.8, 4) is 0 Å². The second-order valence-corrected chi connectivity index (χ2v) is 2.86. The van der Waals surface area contributed by atoms with Crippen molar-refractivity contribution in [2.45, 2.75) is 20.8 Å². The summed E-state index contributed by atoms with van der Waals surface area (Å²) in [4.78, 5) is 21.5. The summed E-state index contributed by atoms with van der Waals surface area (Å²) < 4.78 is 0. The molecule has 0 heterocycles. The minimum Gasteiger partial charge on any atom is -0.478 e. The van der Waals surface area contributed by atoms with Gasteiger partial charge in [0.1, 0.15) is 7.85 Å². The highest BCUT2D eigenvalue weighted by Crippen LogP contribution is 2.08. The number of ketones is 1. The van der Waals surface area contributed by atoms with Crippen LogP contribution in [0.3, 0.4) is 0 Å². The monoisotopic (exact) mass is 166 g/mol. The molecule has 2 radical (unpaired) electrons. The van der Waals surface area contributed by atoms with Gasteiger partial charge < -0.3 is 5.11 Å². The number of aliphatic carboxylic acids is 1. The zero-order valence-electron chi connectivity index (χ0n) is 7.42. The van der Waals surface area contributed by atoms with Gasteiger partial charge in [0, 0.05) is 5.92 Å². The zero-order chi connectivity index (χ0) is 9.89. The Kier molecular flexibility index (Phi) is 3.73. The topological polar surface area (TPSA) is 54.4 Å². The Hall–Kier alpha value is -1.06. The van der Waals surface area contributed by atoms with Crippen LogP contribution in [0.5, 0.6) is 0 Å². The second kappa shape index (κ2) is 4.09. The fourth-order valence-corrected chi connectivity index (χ4v) is 0.726. The van der Waals surface area contributed by atoms with Gasteiger partial charge in [-0.25, -0.2) is 4.79 Å². The van der Waals surface area contributed by atoms with Crippen molar-refractivity contribution in [2.75, 3.05) is 0 Å². The van der Waals surface area contributed by atoms with Gasteiger partial charge in [-0.3, -0.25) is 4.79 Å².